The molecule has 0 amide bonds. The van der Waals surface area contributed by atoms with E-state index >= 15 is 0 Å². The summed E-state index contributed by atoms with van der Waals surface area (Å²) in [4.78, 5) is 33.7. The van der Waals surface area contributed by atoms with E-state index in [0.29, 0.717) is 38.6 Å². The Hall–Kier alpha value is -2.57. The fraction of sp³-hybridized carbons (Fsp3) is 0.775. The van der Waals surface area contributed by atoms with Crippen molar-refractivity contribution in [2.75, 3.05) is 19.8 Å². The number of esters is 3. The van der Waals surface area contributed by atoms with E-state index in [9.17, 15) is 19.5 Å². The number of carbonyl (C=O) groups excluding carboxylic acids is 3. The van der Waals surface area contributed by atoms with Gasteiger partial charge in [-0.25, -0.2) is 4.79 Å². The predicted octanol–water partition coefficient (Wildman–Crippen LogP) is 11.5. The number of phenols is 1. The average Bonchev–Trinajstić information content (AvgIpc) is 3.06. The molecule has 0 radical (unpaired) electrons. The smallest absolute Gasteiger partial charge is 0.341 e. The van der Waals surface area contributed by atoms with Crippen LogP contribution in [0, 0.1) is 5.92 Å². The maximum Gasteiger partial charge on any atom is 0.341 e. The van der Waals surface area contributed by atoms with Gasteiger partial charge in [-0.3, -0.25) is 9.59 Å². The highest BCUT2D eigenvalue weighted by Gasteiger charge is 2.10. The molecule has 1 aromatic carbocycles. The minimum atomic E-state index is -0.490. The standard InChI is InChI=1S/C17H34O2.C14H28O2.C9H10O3/c1-4-7-9-10-11-12-14-17(18)19-15-16(6-3)13-8-5-2;1-3-5-6-7-8-9-10-11-12-13-14(15)16-4-2;1-2-12-9(11)7-5-3-4-6-8(7)10/h16H,4-15H2,1-3H3;3-13H2,1-2H3;3-6,10H,2H2,1H3. The fourth-order valence-electron chi connectivity index (χ4n) is 4.90. The third kappa shape index (κ3) is 31.8. The summed E-state index contributed by atoms with van der Waals surface area (Å²) >= 11 is 0. The van der Waals surface area contributed by atoms with Gasteiger partial charge in [-0.15, -0.1) is 0 Å². The van der Waals surface area contributed by atoms with Crippen LogP contribution in [0.15, 0.2) is 24.3 Å². The summed E-state index contributed by atoms with van der Waals surface area (Å²) < 4.78 is 15.0. The second-order valence-electron chi connectivity index (χ2n) is 12.2. The number of aromatic hydroxyl groups is 1. The summed E-state index contributed by atoms with van der Waals surface area (Å²) in [6.07, 6.45) is 24.9. The summed E-state index contributed by atoms with van der Waals surface area (Å²) in [7, 11) is 0. The summed E-state index contributed by atoms with van der Waals surface area (Å²) in [6.45, 7) is 13.9. The summed E-state index contributed by atoms with van der Waals surface area (Å²) in [5.41, 5.74) is 0.208. The topological polar surface area (TPSA) is 99.1 Å². The highest BCUT2D eigenvalue weighted by molar-refractivity contribution is 5.92. The molecule has 1 aromatic rings. The van der Waals surface area contributed by atoms with E-state index in [-0.39, 0.29) is 23.3 Å². The molecule has 1 unspecified atom stereocenters. The fourth-order valence-corrected chi connectivity index (χ4v) is 4.90. The molecule has 0 aromatic heterocycles. The number of benzene rings is 1. The van der Waals surface area contributed by atoms with E-state index in [1.807, 2.05) is 6.92 Å². The van der Waals surface area contributed by atoms with Gasteiger partial charge < -0.3 is 19.3 Å². The number of hydrogen-bond donors (Lipinski definition) is 1. The maximum absolute atomic E-state index is 11.6. The zero-order valence-corrected chi connectivity index (χ0v) is 31.3. The van der Waals surface area contributed by atoms with Crippen molar-refractivity contribution in [3.8, 4) is 5.75 Å². The largest absolute Gasteiger partial charge is 0.507 e. The van der Waals surface area contributed by atoms with Crippen LogP contribution in [0.2, 0.25) is 0 Å². The quantitative estimate of drug-likeness (QED) is 0.0597. The van der Waals surface area contributed by atoms with Crippen molar-refractivity contribution in [2.45, 2.75) is 176 Å². The van der Waals surface area contributed by atoms with Crippen molar-refractivity contribution in [2.24, 2.45) is 5.92 Å². The van der Waals surface area contributed by atoms with Gasteiger partial charge in [0.2, 0.25) is 0 Å². The van der Waals surface area contributed by atoms with Gasteiger partial charge in [0, 0.05) is 12.8 Å². The molecule has 47 heavy (non-hydrogen) atoms. The molecule has 0 fully saturated rings. The Balaban J connectivity index is 0. The molecule has 274 valence electrons. The molecule has 1 rings (SSSR count). The number of para-hydroxylation sites is 1. The summed E-state index contributed by atoms with van der Waals surface area (Å²) in [5.74, 6) is -0.00381. The van der Waals surface area contributed by atoms with Crippen molar-refractivity contribution in [1.82, 2.24) is 0 Å². The Morgan fingerprint density at radius 3 is 1.47 bits per heavy atom. The van der Waals surface area contributed by atoms with E-state index < -0.39 is 5.97 Å². The van der Waals surface area contributed by atoms with Crippen LogP contribution in [0.4, 0.5) is 0 Å². The lowest BCUT2D eigenvalue weighted by atomic mass is 10.0. The highest BCUT2D eigenvalue weighted by Crippen LogP contribution is 2.16. The van der Waals surface area contributed by atoms with Gasteiger partial charge in [0.25, 0.3) is 0 Å². The van der Waals surface area contributed by atoms with E-state index in [1.54, 1.807) is 19.1 Å². The van der Waals surface area contributed by atoms with Crippen molar-refractivity contribution in [3.05, 3.63) is 29.8 Å². The van der Waals surface area contributed by atoms with E-state index in [4.69, 9.17) is 14.2 Å². The molecular formula is C40H72O7. The van der Waals surface area contributed by atoms with Crippen LogP contribution < -0.4 is 0 Å². The SMILES string of the molecule is CCCCCCCCC(=O)OCC(CC)CCCC.CCCCCCCCCCCC(=O)OCC.CCOC(=O)c1ccccc1O. The van der Waals surface area contributed by atoms with Crippen LogP contribution in [0.25, 0.3) is 0 Å². The second-order valence-corrected chi connectivity index (χ2v) is 12.2. The molecule has 1 atom stereocenters. The molecule has 0 saturated heterocycles. The van der Waals surface area contributed by atoms with Gasteiger partial charge >= 0.3 is 17.9 Å². The monoisotopic (exact) mass is 665 g/mol. The predicted molar refractivity (Wildman–Crippen MR) is 195 cm³/mol. The molecule has 0 aliphatic heterocycles. The van der Waals surface area contributed by atoms with Crippen LogP contribution in [-0.2, 0) is 23.8 Å². The lowest BCUT2D eigenvalue weighted by Crippen LogP contribution is -2.13. The normalized spacial score (nSPS) is 10.9. The van der Waals surface area contributed by atoms with Crippen molar-refractivity contribution in [1.29, 1.82) is 0 Å². The highest BCUT2D eigenvalue weighted by atomic mass is 16.5. The second kappa shape index (κ2) is 36.3. The van der Waals surface area contributed by atoms with Gasteiger partial charge in [-0.1, -0.05) is 143 Å². The molecule has 0 aliphatic carbocycles. The first-order valence-corrected chi connectivity index (χ1v) is 19.1. The minimum Gasteiger partial charge on any atom is -0.507 e. The maximum atomic E-state index is 11.6. The molecule has 0 saturated carbocycles. The van der Waals surface area contributed by atoms with E-state index in [2.05, 4.69) is 27.7 Å². The van der Waals surface area contributed by atoms with Crippen molar-refractivity contribution in [3.63, 3.8) is 0 Å². The Bertz CT molecular complexity index is 855. The van der Waals surface area contributed by atoms with Crippen LogP contribution in [0.3, 0.4) is 0 Å². The van der Waals surface area contributed by atoms with Crippen molar-refractivity contribution < 1.29 is 33.7 Å². The third-order valence-corrected chi connectivity index (χ3v) is 7.95. The molecule has 0 bridgehead atoms. The zero-order chi connectivity index (χ0) is 35.4. The molecule has 0 aliphatic rings. The first-order valence-electron chi connectivity index (χ1n) is 19.1. The number of ether oxygens (including phenoxy) is 3. The molecule has 0 spiro atoms. The number of hydrogen-bond acceptors (Lipinski definition) is 7. The molecule has 0 heterocycles. The Morgan fingerprint density at radius 1 is 0.574 bits per heavy atom. The number of unbranched alkanes of at least 4 members (excludes halogenated alkanes) is 14. The minimum absolute atomic E-state index is 0.00504. The van der Waals surface area contributed by atoms with Gasteiger partial charge in [0.1, 0.15) is 11.3 Å². The van der Waals surface area contributed by atoms with Gasteiger partial charge in [-0.05, 0) is 51.2 Å². The average molecular weight is 665 g/mol. The third-order valence-electron chi connectivity index (χ3n) is 7.95. The molecule has 1 N–H and O–H groups in total. The lowest BCUT2D eigenvalue weighted by molar-refractivity contribution is -0.145. The zero-order valence-electron chi connectivity index (χ0n) is 31.3. The van der Waals surface area contributed by atoms with Crippen LogP contribution in [0.1, 0.15) is 187 Å². The Kier molecular flexibility index (Phi) is 35.9. The van der Waals surface area contributed by atoms with Gasteiger partial charge in [0.05, 0.1) is 19.8 Å². The summed E-state index contributed by atoms with van der Waals surface area (Å²) in [6, 6.07) is 6.30. The molecule has 7 nitrogen and oxygen atoms in total. The van der Waals surface area contributed by atoms with Crippen molar-refractivity contribution >= 4 is 17.9 Å². The number of rotatable bonds is 26. The van der Waals surface area contributed by atoms with Crippen LogP contribution in [0.5, 0.6) is 5.75 Å². The van der Waals surface area contributed by atoms with Crippen LogP contribution in [-0.4, -0.2) is 42.8 Å². The van der Waals surface area contributed by atoms with Gasteiger partial charge in [-0.2, -0.15) is 0 Å². The number of carbonyl (C=O) groups is 3. The Morgan fingerprint density at radius 2 is 1.02 bits per heavy atom. The summed E-state index contributed by atoms with van der Waals surface area (Å²) in [5, 5.41) is 9.21. The Labute approximate surface area is 288 Å². The van der Waals surface area contributed by atoms with Gasteiger partial charge in [0.15, 0.2) is 0 Å². The molecular weight excluding hydrogens is 592 g/mol. The lowest BCUT2D eigenvalue weighted by Gasteiger charge is -2.14. The van der Waals surface area contributed by atoms with Crippen LogP contribution >= 0.6 is 0 Å². The molecule has 7 heteroatoms. The van der Waals surface area contributed by atoms with E-state index in [1.165, 1.54) is 115 Å². The first-order chi connectivity index (χ1) is 22.8. The first kappa shape index (κ1) is 46.5. The number of phenolic OH excluding ortho intramolecular Hbond substituents is 1. The van der Waals surface area contributed by atoms with E-state index in [0.717, 1.165) is 19.3 Å².